The van der Waals surface area contributed by atoms with Gasteiger partial charge in [-0.1, -0.05) is 31.2 Å². The monoisotopic (exact) mass is 219 g/mol. The van der Waals surface area contributed by atoms with Gasteiger partial charge in [0.15, 0.2) is 0 Å². The Morgan fingerprint density at radius 1 is 1.31 bits per heavy atom. The van der Waals surface area contributed by atoms with E-state index in [2.05, 4.69) is 24.0 Å². The summed E-state index contributed by atoms with van der Waals surface area (Å²) in [6.45, 7) is 5.98. The Morgan fingerprint density at radius 3 is 2.69 bits per heavy atom. The number of aliphatic hydroxyl groups is 1. The normalized spacial score (nSPS) is 22.2. The maximum atomic E-state index is 9.01. The van der Waals surface area contributed by atoms with Crippen LogP contribution in [0.1, 0.15) is 36.8 Å². The van der Waals surface area contributed by atoms with E-state index in [0.717, 1.165) is 12.1 Å². The van der Waals surface area contributed by atoms with Crippen molar-refractivity contribution in [2.45, 2.75) is 32.3 Å². The third-order valence-electron chi connectivity index (χ3n) is 3.59. The van der Waals surface area contributed by atoms with Crippen molar-refractivity contribution in [1.82, 2.24) is 4.90 Å². The summed E-state index contributed by atoms with van der Waals surface area (Å²) >= 11 is 0. The SMILES string of the molecule is CCN1CCCC(c2ccc(CO)cc2)C1. The van der Waals surface area contributed by atoms with Gasteiger partial charge in [-0.25, -0.2) is 0 Å². The summed E-state index contributed by atoms with van der Waals surface area (Å²) in [6, 6.07) is 8.44. The summed E-state index contributed by atoms with van der Waals surface area (Å²) in [4.78, 5) is 2.52. The Bertz CT molecular complexity index is 320. The van der Waals surface area contributed by atoms with Crippen LogP contribution in [0.3, 0.4) is 0 Å². The quantitative estimate of drug-likeness (QED) is 0.843. The van der Waals surface area contributed by atoms with Gasteiger partial charge in [-0.05, 0) is 43.0 Å². The van der Waals surface area contributed by atoms with Gasteiger partial charge in [0, 0.05) is 6.54 Å². The van der Waals surface area contributed by atoms with Crippen LogP contribution in [0.15, 0.2) is 24.3 Å². The van der Waals surface area contributed by atoms with Crippen molar-refractivity contribution < 1.29 is 5.11 Å². The van der Waals surface area contributed by atoms with Gasteiger partial charge in [-0.3, -0.25) is 0 Å². The van der Waals surface area contributed by atoms with Crippen LogP contribution in [0.2, 0.25) is 0 Å². The van der Waals surface area contributed by atoms with Crippen LogP contribution in [0, 0.1) is 0 Å². The van der Waals surface area contributed by atoms with Crippen LogP contribution < -0.4 is 0 Å². The summed E-state index contributed by atoms with van der Waals surface area (Å²) in [6.07, 6.45) is 2.61. The van der Waals surface area contributed by atoms with E-state index in [9.17, 15) is 0 Å². The van der Waals surface area contributed by atoms with Crippen molar-refractivity contribution in [3.63, 3.8) is 0 Å². The van der Waals surface area contributed by atoms with Gasteiger partial charge in [0.1, 0.15) is 0 Å². The summed E-state index contributed by atoms with van der Waals surface area (Å²) in [5, 5.41) is 9.01. The lowest BCUT2D eigenvalue weighted by Gasteiger charge is -2.32. The van der Waals surface area contributed by atoms with Crippen molar-refractivity contribution in [3.05, 3.63) is 35.4 Å². The molecule has 0 radical (unpaired) electrons. The molecule has 0 spiro atoms. The topological polar surface area (TPSA) is 23.5 Å². The molecule has 0 aromatic heterocycles. The Hall–Kier alpha value is -0.860. The zero-order valence-corrected chi connectivity index (χ0v) is 10.0. The minimum Gasteiger partial charge on any atom is -0.392 e. The lowest BCUT2D eigenvalue weighted by atomic mass is 9.90. The zero-order valence-electron chi connectivity index (χ0n) is 10.0. The summed E-state index contributed by atoms with van der Waals surface area (Å²) < 4.78 is 0. The highest BCUT2D eigenvalue weighted by molar-refractivity contribution is 5.25. The molecular weight excluding hydrogens is 198 g/mol. The summed E-state index contributed by atoms with van der Waals surface area (Å²) in [5.74, 6) is 0.682. The minimum absolute atomic E-state index is 0.145. The second-order valence-electron chi connectivity index (χ2n) is 4.63. The maximum Gasteiger partial charge on any atom is 0.0681 e. The number of likely N-dealkylation sites (N-methyl/N-ethyl adjacent to an activating group) is 1. The zero-order chi connectivity index (χ0) is 11.4. The molecule has 1 saturated heterocycles. The Morgan fingerprint density at radius 2 is 2.06 bits per heavy atom. The summed E-state index contributed by atoms with van der Waals surface area (Å²) in [5.41, 5.74) is 2.43. The number of rotatable bonds is 3. The van der Waals surface area contributed by atoms with Crippen molar-refractivity contribution in [2.24, 2.45) is 0 Å². The molecule has 1 heterocycles. The summed E-state index contributed by atoms with van der Waals surface area (Å²) in [7, 11) is 0. The van der Waals surface area contributed by atoms with E-state index in [0.29, 0.717) is 5.92 Å². The molecule has 1 aliphatic heterocycles. The van der Waals surface area contributed by atoms with E-state index in [1.807, 2.05) is 12.1 Å². The molecule has 1 aromatic carbocycles. The number of likely N-dealkylation sites (tertiary alicyclic amines) is 1. The number of piperidine rings is 1. The highest BCUT2D eigenvalue weighted by Gasteiger charge is 2.19. The molecule has 0 amide bonds. The third-order valence-corrected chi connectivity index (χ3v) is 3.59. The predicted octanol–water partition coefficient (Wildman–Crippen LogP) is 2.38. The van der Waals surface area contributed by atoms with Gasteiger partial charge in [0.2, 0.25) is 0 Å². The van der Waals surface area contributed by atoms with E-state index in [-0.39, 0.29) is 6.61 Å². The molecule has 2 nitrogen and oxygen atoms in total. The third kappa shape index (κ3) is 2.63. The number of benzene rings is 1. The van der Waals surface area contributed by atoms with Crippen molar-refractivity contribution in [3.8, 4) is 0 Å². The van der Waals surface area contributed by atoms with Crippen molar-refractivity contribution in [2.75, 3.05) is 19.6 Å². The van der Waals surface area contributed by atoms with Crippen LogP contribution in [-0.2, 0) is 6.61 Å². The van der Waals surface area contributed by atoms with Gasteiger partial charge >= 0.3 is 0 Å². The molecule has 1 N–H and O–H groups in total. The molecule has 0 saturated carbocycles. The first-order valence-electron chi connectivity index (χ1n) is 6.25. The van der Waals surface area contributed by atoms with Gasteiger partial charge in [-0.2, -0.15) is 0 Å². The standard InChI is InChI=1S/C14H21NO/c1-2-15-9-3-4-14(10-15)13-7-5-12(11-16)6-8-13/h5-8,14,16H,2-4,9-11H2,1H3. The van der Waals surface area contributed by atoms with Crippen LogP contribution in [0.4, 0.5) is 0 Å². The van der Waals surface area contributed by atoms with E-state index in [1.165, 1.54) is 31.5 Å². The van der Waals surface area contributed by atoms with Gasteiger partial charge in [0.05, 0.1) is 6.61 Å². The average Bonchev–Trinajstić information content (AvgIpc) is 2.39. The Kier molecular flexibility index (Phi) is 3.97. The van der Waals surface area contributed by atoms with Gasteiger partial charge in [0.25, 0.3) is 0 Å². The Labute approximate surface area is 97.9 Å². The molecule has 1 atom stereocenters. The first-order valence-corrected chi connectivity index (χ1v) is 6.25. The Balaban J connectivity index is 2.05. The molecule has 88 valence electrons. The number of aliphatic hydroxyl groups excluding tert-OH is 1. The first kappa shape index (κ1) is 11.6. The first-order chi connectivity index (χ1) is 7.83. The molecule has 1 fully saturated rings. The van der Waals surface area contributed by atoms with Gasteiger partial charge < -0.3 is 10.0 Å². The highest BCUT2D eigenvalue weighted by atomic mass is 16.3. The smallest absolute Gasteiger partial charge is 0.0681 e. The number of hydrogen-bond acceptors (Lipinski definition) is 2. The minimum atomic E-state index is 0.145. The molecule has 2 heteroatoms. The molecule has 1 aromatic rings. The van der Waals surface area contributed by atoms with E-state index < -0.39 is 0 Å². The largest absolute Gasteiger partial charge is 0.392 e. The molecule has 2 rings (SSSR count). The van der Waals surface area contributed by atoms with Crippen LogP contribution in [-0.4, -0.2) is 29.6 Å². The van der Waals surface area contributed by atoms with Crippen molar-refractivity contribution >= 4 is 0 Å². The second kappa shape index (κ2) is 5.46. The van der Waals surface area contributed by atoms with E-state index >= 15 is 0 Å². The van der Waals surface area contributed by atoms with E-state index in [4.69, 9.17) is 5.11 Å². The molecular formula is C14H21NO. The van der Waals surface area contributed by atoms with E-state index in [1.54, 1.807) is 0 Å². The number of nitrogens with zero attached hydrogens (tertiary/aromatic N) is 1. The second-order valence-corrected chi connectivity index (χ2v) is 4.63. The predicted molar refractivity (Wildman–Crippen MR) is 66.5 cm³/mol. The van der Waals surface area contributed by atoms with Crippen molar-refractivity contribution in [1.29, 1.82) is 0 Å². The highest BCUT2D eigenvalue weighted by Crippen LogP contribution is 2.26. The molecule has 0 aliphatic carbocycles. The fourth-order valence-electron chi connectivity index (χ4n) is 2.51. The molecule has 1 unspecified atom stereocenters. The lowest BCUT2D eigenvalue weighted by Crippen LogP contribution is -2.34. The van der Waals surface area contributed by atoms with Crippen LogP contribution in [0.5, 0.6) is 0 Å². The maximum absolute atomic E-state index is 9.01. The molecule has 1 aliphatic rings. The lowest BCUT2D eigenvalue weighted by molar-refractivity contribution is 0.218. The van der Waals surface area contributed by atoms with Crippen LogP contribution in [0.25, 0.3) is 0 Å². The van der Waals surface area contributed by atoms with Gasteiger partial charge in [-0.15, -0.1) is 0 Å². The van der Waals surface area contributed by atoms with Crippen LogP contribution >= 0.6 is 0 Å². The molecule has 0 bridgehead atoms. The average molecular weight is 219 g/mol. The fraction of sp³-hybridized carbons (Fsp3) is 0.571. The fourth-order valence-corrected chi connectivity index (χ4v) is 2.51. The molecule has 16 heavy (non-hydrogen) atoms. The number of hydrogen-bond donors (Lipinski definition) is 1.